The van der Waals surface area contributed by atoms with Gasteiger partial charge in [0.25, 0.3) is 0 Å². The summed E-state index contributed by atoms with van der Waals surface area (Å²) in [6, 6.07) is 9.19. The molecule has 2 N–H and O–H groups in total. The first-order valence-corrected chi connectivity index (χ1v) is 9.66. The summed E-state index contributed by atoms with van der Waals surface area (Å²) in [5.41, 5.74) is 8.38. The summed E-state index contributed by atoms with van der Waals surface area (Å²) in [5, 5.41) is 0.823. The number of hydrogen-bond donors (Lipinski definition) is 1. The Bertz CT molecular complexity index is 1030. The van der Waals surface area contributed by atoms with Crippen molar-refractivity contribution in [2.24, 2.45) is 5.73 Å². The van der Waals surface area contributed by atoms with Gasteiger partial charge in [-0.05, 0) is 38.1 Å². The van der Waals surface area contributed by atoms with E-state index in [4.69, 9.17) is 33.7 Å². The molecule has 28 heavy (non-hydrogen) atoms. The molecule has 0 radical (unpaired) electrons. The Balaban J connectivity index is 1.93. The van der Waals surface area contributed by atoms with Gasteiger partial charge in [0, 0.05) is 24.2 Å². The molecule has 0 aliphatic heterocycles. The van der Waals surface area contributed by atoms with E-state index < -0.39 is 0 Å². The second kappa shape index (κ2) is 8.39. The first kappa shape index (κ1) is 20.5. The Labute approximate surface area is 173 Å². The smallest absolute Gasteiger partial charge is 0.240 e. The molecule has 6 nitrogen and oxygen atoms in total. The lowest BCUT2D eigenvalue weighted by Crippen LogP contribution is -2.32. The Morgan fingerprint density at radius 2 is 2.04 bits per heavy atom. The van der Waals surface area contributed by atoms with Gasteiger partial charge in [0.15, 0.2) is 0 Å². The number of carbonyl (C=O) groups excluding carboxylic acids is 1. The fraction of sp³-hybridized carbons (Fsp3) is 0.300. The van der Waals surface area contributed by atoms with Crippen molar-refractivity contribution >= 4 is 45.8 Å². The number of nitrogens with zero attached hydrogens (tertiary/aromatic N) is 3. The maximum atomic E-state index is 11.9. The molecule has 2 aromatic carbocycles. The molecule has 1 heterocycles. The van der Waals surface area contributed by atoms with Crippen LogP contribution in [0.2, 0.25) is 10.0 Å². The summed E-state index contributed by atoms with van der Waals surface area (Å²) >= 11 is 12.9. The molecule has 0 spiro atoms. The number of aryl methyl sites for hydroxylation is 2. The minimum atomic E-state index is -0.249. The van der Waals surface area contributed by atoms with E-state index >= 15 is 0 Å². The van der Waals surface area contributed by atoms with Crippen LogP contribution in [0.4, 0.5) is 5.69 Å². The van der Waals surface area contributed by atoms with Gasteiger partial charge in [-0.25, -0.2) is 4.98 Å². The zero-order valence-electron chi connectivity index (χ0n) is 16.0. The number of carbonyl (C=O) groups is 1. The van der Waals surface area contributed by atoms with E-state index in [0.29, 0.717) is 27.0 Å². The number of imidazole rings is 1. The van der Waals surface area contributed by atoms with Crippen LogP contribution in [0.3, 0.4) is 0 Å². The Hall–Kier alpha value is -2.28. The Morgan fingerprint density at radius 1 is 1.29 bits per heavy atom. The van der Waals surface area contributed by atoms with Crippen LogP contribution < -0.4 is 15.4 Å². The maximum absolute atomic E-state index is 11.9. The van der Waals surface area contributed by atoms with Crippen molar-refractivity contribution in [3.8, 4) is 5.75 Å². The van der Waals surface area contributed by atoms with Crippen LogP contribution in [0, 0.1) is 6.92 Å². The third kappa shape index (κ3) is 3.68. The van der Waals surface area contributed by atoms with E-state index in [1.165, 1.54) is 4.90 Å². The molecular weight excluding hydrogens is 399 g/mol. The molecule has 0 aliphatic rings. The number of rotatable bonds is 6. The monoisotopic (exact) mass is 420 g/mol. The molecular formula is C20H22Cl2N4O2. The van der Waals surface area contributed by atoms with E-state index in [1.54, 1.807) is 19.2 Å². The van der Waals surface area contributed by atoms with Crippen LogP contribution >= 0.6 is 23.2 Å². The molecule has 8 heteroatoms. The molecule has 1 aromatic heterocycles. The minimum absolute atomic E-state index is 0.108. The molecule has 3 aromatic rings. The highest BCUT2D eigenvalue weighted by Gasteiger charge is 2.18. The number of aromatic nitrogens is 2. The topological polar surface area (TPSA) is 73.4 Å². The molecule has 1 amide bonds. The number of hydrogen-bond acceptors (Lipinski definition) is 4. The molecule has 148 valence electrons. The molecule has 0 fully saturated rings. The summed E-state index contributed by atoms with van der Waals surface area (Å²) < 4.78 is 8.15. The summed E-state index contributed by atoms with van der Waals surface area (Å²) in [6.45, 7) is 4.91. The van der Waals surface area contributed by atoms with E-state index in [0.717, 1.165) is 23.4 Å². The van der Waals surface area contributed by atoms with Crippen molar-refractivity contribution in [2.45, 2.75) is 27.0 Å². The molecule has 0 aliphatic carbocycles. The van der Waals surface area contributed by atoms with Crippen LogP contribution in [0.25, 0.3) is 11.0 Å². The number of fused-ring (bicyclic) bond motifs is 1. The fourth-order valence-electron chi connectivity index (χ4n) is 3.15. The molecule has 0 saturated carbocycles. The normalized spacial score (nSPS) is 11.1. The number of likely N-dealkylation sites (N-methyl/N-ethyl adjacent to an activating group) is 1. The Morgan fingerprint density at radius 3 is 2.71 bits per heavy atom. The van der Waals surface area contributed by atoms with Gasteiger partial charge in [-0.3, -0.25) is 4.79 Å². The van der Waals surface area contributed by atoms with Crippen LogP contribution in [-0.4, -0.2) is 29.1 Å². The first-order valence-electron chi connectivity index (χ1n) is 8.91. The number of para-hydroxylation sites is 1. The van der Waals surface area contributed by atoms with E-state index in [2.05, 4.69) is 16.5 Å². The molecule has 0 saturated heterocycles. The third-order valence-electron chi connectivity index (χ3n) is 4.70. The van der Waals surface area contributed by atoms with Crippen molar-refractivity contribution in [1.82, 2.24) is 9.55 Å². The second-order valence-corrected chi connectivity index (χ2v) is 7.12. The van der Waals surface area contributed by atoms with E-state index in [9.17, 15) is 4.79 Å². The molecule has 0 bridgehead atoms. The summed E-state index contributed by atoms with van der Waals surface area (Å²) in [4.78, 5) is 18.0. The van der Waals surface area contributed by atoms with Crippen LogP contribution in [0.15, 0.2) is 30.3 Å². The second-order valence-electron chi connectivity index (χ2n) is 6.33. The zero-order valence-corrected chi connectivity index (χ0v) is 17.5. The third-order valence-corrected chi connectivity index (χ3v) is 5.47. The van der Waals surface area contributed by atoms with Crippen molar-refractivity contribution in [3.63, 3.8) is 0 Å². The highest BCUT2D eigenvalue weighted by molar-refractivity contribution is 6.38. The fourth-order valence-corrected chi connectivity index (χ4v) is 3.76. The first-order chi connectivity index (χ1) is 13.4. The summed E-state index contributed by atoms with van der Waals surface area (Å²) in [6.07, 6.45) is 0. The molecule has 0 unspecified atom stereocenters. The van der Waals surface area contributed by atoms with E-state index in [1.807, 2.05) is 25.1 Å². The van der Waals surface area contributed by atoms with Gasteiger partial charge in [0.2, 0.25) is 5.91 Å². The SMILES string of the molecule is CCn1c(C)nc2c(OCc3c(Cl)ccc(N(C)C(=O)CN)c3Cl)cccc21. The predicted octanol–water partition coefficient (Wildman–Crippen LogP) is 4.17. The van der Waals surface area contributed by atoms with E-state index in [-0.39, 0.29) is 19.1 Å². The van der Waals surface area contributed by atoms with Crippen molar-refractivity contribution in [1.29, 1.82) is 0 Å². The standard InChI is InChI=1S/C20H22Cl2N4O2/c1-4-26-12(2)24-20-16(26)6-5-7-17(20)28-11-13-14(21)8-9-15(19(13)22)25(3)18(27)10-23/h5-9H,4,10-11,23H2,1-3H3. The van der Waals surface area contributed by atoms with Crippen molar-refractivity contribution in [3.05, 3.63) is 51.8 Å². The molecule has 0 atom stereocenters. The predicted molar refractivity (Wildman–Crippen MR) is 113 cm³/mol. The zero-order chi connectivity index (χ0) is 20.4. The van der Waals surface area contributed by atoms with Gasteiger partial charge < -0.3 is 19.9 Å². The number of ether oxygens (including phenoxy) is 1. The number of halogens is 2. The van der Waals surface area contributed by atoms with Gasteiger partial charge in [0.1, 0.15) is 23.7 Å². The number of benzene rings is 2. The van der Waals surface area contributed by atoms with Gasteiger partial charge >= 0.3 is 0 Å². The number of nitrogens with two attached hydrogens (primary N) is 1. The average Bonchev–Trinajstić information content (AvgIpc) is 3.02. The lowest BCUT2D eigenvalue weighted by atomic mass is 10.2. The van der Waals surface area contributed by atoms with Gasteiger partial charge in [-0.1, -0.05) is 29.3 Å². The largest absolute Gasteiger partial charge is 0.486 e. The quantitative estimate of drug-likeness (QED) is 0.649. The van der Waals surface area contributed by atoms with Crippen LogP contribution in [0.1, 0.15) is 18.3 Å². The highest BCUT2D eigenvalue weighted by atomic mass is 35.5. The average molecular weight is 421 g/mol. The van der Waals surface area contributed by atoms with Crippen molar-refractivity contribution in [2.75, 3.05) is 18.5 Å². The maximum Gasteiger partial charge on any atom is 0.240 e. The summed E-state index contributed by atoms with van der Waals surface area (Å²) in [7, 11) is 1.62. The highest BCUT2D eigenvalue weighted by Crippen LogP contribution is 2.35. The number of anilines is 1. The molecule has 3 rings (SSSR count). The van der Waals surface area contributed by atoms with Crippen LogP contribution in [-0.2, 0) is 17.9 Å². The van der Waals surface area contributed by atoms with Gasteiger partial charge in [-0.2, -0.15) is 0 Å². The lowest BCUT2D eigenvalue weighted by molar-refractivity contribution is -0.117. The number of amides is 1. The lowest BCUT2D eigenvalue weighted by Gasteiger charge is -2.20. The Kier molecular flexibility index (Phi) is 6.13. The van der Waals surface area contributed by atoms with Gasteiger partial charge in [0.05, 0.1) is 22.8 Å². The van der Waals surface area contributed by atoms with Gasteiger partial charge in [-0.15, -0.1) is 0 Å². The van der Waals surface area contributed by atoms with Crippen molar-refractivity contribution < 1.29 is 9.53 Å². The van der Waals surface area contributed by atoms with Crippen LogP contribution in [0.5, 0.6) is 5.75 Å². The minimum Gasteiger partial charge on any atom is -0.486 e. The summed E-state index contributed by atoms with van der Waals surface area (Å²) in [5.74, 6) is 1.33.